The lowest BCUT2D eigenvalue weighted by atomic mass is 9.81. The number of anilines is 1. The molecule has 0 saturated carbocycles. The molecule has 2 saturated heterocycles. The number of likely N-dealkylation sites (tertiary alicyclic amines) is 1. The van der Waals surface area contributed by atoms with Gasteiger partial charge >= 0.3 is 12.1 Å². The Bertz CT molecular complexity index is 1230. The second kappa shape index (κ2) is 11.1. The van der Waals surface area contributed by atoms with E-state index in [0.717, 1.165) is 62.7 Å². The van der Waals surface area contributed by atoms with Crippen LogP contribution in [0.4, 0.5) is 18.9 Å². The average molecular weight is 540 g/mol. The maximum atomic E-state index is 13.2. The number of carbonyl (C=O) groups is 1. The number of hydrogen-bond acceptors (Lipinski definition) is 5. The highest BCUT2D eigenvalue weighted by Crippen LogP contribution is 2.45. The molecule has 0 bridgehead atoms. The summed E-state index contributed by atoms with van der Waals surface area (Å²) in [5.74, 6) is -0.272. The van der Waals surface area contributed by atoms with Crippen LogP contribution < -0.4 is 4.90 Å². The minimum absolute atomic E-state index is 0.272. The zero-order chi connectivity index (χ0) is 27.6. The maximum absolute atomic E-state index is 13.2. The first kappa shape index (κ1) is 27.3. The molecule has 5 nitrogen and oxygen atoms in total. The normalized spacial score (nSPS) is 20.1. The minimum atomic E-state index is -4.36. The third-order valence-electron chi connectivity index (χ3n) is 8.36. The van der Waals surface area contributed by atoms with E-state index in [0.29, 0.717) is 37.4 Å². The molecular weight excluding hydrogens is 503 g/mol. The van der Waals surface area contributed by atoms with Crippen LogP contribution in [-0.4, -0.2) is 67.2 Å². The van der Waals surface area contributed by atoms with Crippen LogP contribution in [0.5, 0.6) is 0 Å². The molecule has 2 aromatic carbocycles. The van der Waals surface area contributed by atoms with Crippen LogP contribution in [0.15, 0.2) is 78.0 Å². The summed E-state index contributed by atoms with van der Waals surface area (Å²) in [4.78, 5) is 19.3. The number of aryl methyl sites for hydroxylation is 1. The van der Waals surface area contributed by atoms with Crippen molar-refractivity contribution < 1.29 is 22.7 Å². The Morgan fingerprint density at radius 2 is 1.67 bits per heavy atom. The van der Waals surface area contributed by atoms with Gasteiger partial charge in [0.2, 0.25) is 0 Å². The number of piperazine rings is 1. The van der Waals surface area contributed by atoms with Crippen molar-refractivity contribution in [2.75, 3.05) is 50.7 Å². The van der Waals surface area contributed by atoms with Gasteiger partial charge in [-0.3, -0.25) is 0 Å². The Morgan fingerprint density at radius 1 is 0.974 bits per heavy atom. The van der Waals surface area contributed by atoms with Crippen LogP contribution >= 0.6 is 0 Å². The highest BCUT2D eigenvalue weighted by Gasteiger charge is 2.49. The molecule has 0 amide bonds. The molecular formula is C31H36F3N3O2. The molecule has 8 heteroatoms. The summed E-state index contributed by atoms with van der Waals surface area (Å²) in [7, 11) is 0. The van der Waals surface area contributed by atoms with Crippen molar-refractivity contribution in [2.45, 2.75) is 44.4 Å². The Labute approximate surface area is 228 Å². The van der Waals surface area contributed by atoms with Crippen LogP contribution in [-0.2, 0) is 22.1 Å². The first-order chi connectivity index (χ1) is 18.7. The Kier molecular flexibility index (Phi) is 7.76. The molecule has 3 heterocycles. The SMILES string of the molecule is C=C(C1=C(C)C(=O)OC12CCN(CCCc1ccccc1)CC2)N1CCN(c2cccc(C(F)(F)F)c2)CC1. The number of alkyl halides is 3. The van der Waals surface area contributed by atoms with Crippen LogP contribution in [0.1, 0.15) is 37.3 Å². The third-order valence-corrected chi connectivity index (χ3v) is 8.36. The van der Waals surface area contributed by atoms with Gasteiger partial charge in [0.15, 0.2) is 0 Å². The fraction of sp³-hybridized carbons (Fsp3) is 0.452. The summed E-state index contributed by atoms with van der Waals surface area (Å²) in [6, 6.07) is 16.0. The summed E-state index contributed by atoms with van der Waals surface area (Å²) in [6.07, 6.45) is -0.761. The first-order valence-electron chi connectivity index (χ1n) is 13.7. The Balaban J connectivity index is 1.19. The number of piperidine rings is 1. The number of esters is 1. The summed E-state index contributed by atoms with van der Waals surface area (Å²) in [6.45, 7) is 11.3. The minimum Gasteiger partial charge on any atom is -0.451 e. The van der Waals surface area contributed by atoms with Gasteiger partial charge in [-0.05, 0) is 50.1 Å². The summed E-state index contributed by atoms with van der Waals surface area (Å²) in [5, 5.41) is 0. The van der Waals surface area contributed by atoms with Crippen LogP contribution in [0.25, 0.3) is 0 Å². The van der Waals surface area contributed by atoms with E-state index in [4.69, 9.17) is 4.74 Å². The number of nitrogens with zero attached hydrogens (tertiary/aromatic N) is 3. The van der Waals surface area contributed by atoms with E-state index >= 15 is 0 Å². The second-order valence-electron chi connectivity index (χ2n) is 10.8. The van der Waals surface area contributed by atoms with Gasteiger partial charge in [-0.25, -0.2) is 4.79 Å². The topological polar surface area (TPSA) is 36.0 Å². The Morgan fingerprint density at radius 3 is 2.33 bits per heavy atom. The molecule has 2 fully saturated rings. The van der Waals surface area contributed by atoms with Gasteiger partial charge in [0.25, 0.3) is 0 Å². The molecule has 0 N–H and O–H groups in total. The molecule has 0 atom stereocenters. The van der Waals surface area contributed by atoms with Crippen LogP contribution in [0.3, 0.4) is 0 Å². The highest BCUT2D eigenvalue weighted by molar-refractivity contribution is 5.93. The highest BCUT2D eigenvalue weighted by atomic mass is 19.4. The number of benzene rings is 2. The van der Waals surface area contributed by atoms with Crippen molar-refractivity contribution in [1.29, 1.82) is 0 Å². The lowest BCUT2D eigenvalue weighted by Crippen LogP contribution is -2.50. The standard InChI is InChI=1S/C31H36F3N3O2/c1-23-28(24(2)36-18-20-37(21-19-36)27-12-6-11-26(22-27)31(32,33)34)30(39-29(23)38)13-16-35(17-14-30)15-7-10-25-8-4-3-5-9-25/h3-6,8-9,11-12,22H,2,7,10,13-21H2,1H3. The van der Waals surface area contributed by atoms with Gasteiger partial charge in [0.1, 0.15) is 5.60 Å². The monoisotopic (exact) mass is 539 g/mol. The van der Waals surface area contributed by atoms with E-state index in [2.05, 4.69) is 40.6 Å². The van der Waals surface area contributed by atoms with E-state index in [1.807, 2.05) is 17.9 Å². The van der Waals surface area contributed by atoms with Crippen molar-refractivity contribution in [3.8, 4) is 0 Å². The molecule has 0 unspecified atom stereocenters. The Hall–Kier alpha value is -3.26. The second-order valence-corrected chi connectivity index (χ2v) is 10.8. The zero-order valence-corrected chi connectivity index (χ0v) is 22.5. The van der Waals surface area contributed by atoms with E-state index in [1.165, 1.54) is 17.7 Å². The first-order valence-corrected chi connectivity index (χ1v) is 13.7. The molecule has 39 heavy (non-hydrogen) atoms. The molecule has 5 rings (SSSR count). The molecule has 0 aromatic heterocycles. The maximum Gasteiger partial charge on any atom is 0.416 e. The van der Waals surface area contributed by atoms with Gasteiger partial charge in [0, 0.05) is 74.6 Å². The zero-order valence-electron chi connectivity index (χ0n) is 22.5. The van der Waals surface area contributed by atoms with E-state index < -0.39 is 17.3 Å². The fourth-order valence-electron chi connectivity index (χ4n) is 6.14. The quantitative estimate of drug-likeness (QED) is 0.423. The van der Waals surface area contributed by atoms with Crippen LogP contribution in [0, 0.1) is 0 Å². The van der Waals surface area contributed by atoms with Gasteiger partial charge in [-0.2, -0.15) is 13.2 Å². The summed E-state index contributed by atoms with van der Waals surface area (Å²) >= 11 is 0. The molecule has 3 aliphatic heterocycles. The summed E-state index contributed by atoms with van der Waals surface area (Å²) in [5.41, 5.74) is 2.97. The molecule has 0 aliphatic carbocycles. The number of carbonyl (C=O) groups excluding carboxylic acids is 1. The van der Waals surface area contributed by atoms with Gasteiger partial charge in [-0.1, -0.05) is 43.0 Å². The lowest BCUT2D eigenvalue weighted by molar-refractivity contribution is -0.150. The average Bonchev–Trinajstić information content (AvgIpc) is 3.18. The number of hydrogen-bond donors (Lipinski definition) is 0. The fourth-order valence-corrected chi connectivity index (χ4v) is 6.14. The van der Waals surface area contributed by atoms with Crippen molar-refractivity contribution in [1.82, 2.24) is 9.80 Å². The molecule has 208 valence electrons. The summed E-state index contributed by atoms with van der Waals surface area (Å²) < 4.78 is 45.6. The number of ether oxygens (including phenoxy) is 1. The lowest BCUT2D eigenvalue weighted by Gasteiger charge is -2.44. The van der Waals surface area contributed by atoms with Crippen LogP contribution in [0.2, 0.25) is 0 Å². The predicted molar refractivity (Wildman–Crippen MR) is 146 cm³/mol. The van der Waals surface area contributed by atoms with Gasteiger partial charge < -0.3 is 19.4 Å². The van der Waals surface area contributed by atoms with E-state index in [1.54, 1.807) is 6.07 Å². The van der Waals surface area contributed by atoms with Gasteiger partial charge in [-0.15, -0.1) is 0 Å². The molecule has 0 radical (unpaired) electrons. The smallest absolute Gasteiger partial charge is 0.416 e. The predicted octanol–water partition coefficient (Wildman–Crippen LogP) is 5.68. The molecule has 3 aliphatic rings. The van der Waals surface area contributed by atoms with Gasteiger partial charge in [0.05, 0.1) is 5.56 Å². The molecule has 1 spiro atoms. The largest absolute Gasteiger partial charge is 0.451 e. The van der Waals surface area contributed by atoms with Crippen molar-refractivity contribution in [3.05, 3.63) is 89.1 Å². The van der Waals surface area contributed by atoms with Crippen molar-refractivity contribution in [2.24, 2.45) is 0 Å². The third kappa shape index (κ3) is 5.86. The van der Waals surface area contributed by atoms with E-state index in [-0.39, 0.29) is 5.97 Å². The molecule has 2 aromatic rings. The number of rotatable bonds is 7. The van der Waals surface area contributed by atoms with E-state index in [9.17, 15) is 18.0 Å². The van der Waals surface area contributed by atoms with Crippen molar-refractivity contribution in [3.63, 3.8) is 0 Å². The number of halogens is 3. The van der Waals surface area contributed by atoms with Crippen molar-refractivity contribution >= 4 is 11.7 Å².